The van der Waals surface area contributed by atoms with Crippen molar-refractivity contribution >= 4 is 5.97 Å². The van der Waals surface area contributed by atoms with E-state index in [9.17, 15) is 4.79 Å². The summed E-state index contributed by atoms with van der Waals surface area (Å²) in [6.07, 6.45) is 26.0. The van der Waals surface area contributed by atoms with Crippen LogP contribution in [0.1, 0.15) is 128 Å². The van der Waals surface area contributed by atoms with Gasteiger partial charge in [-0.05, 0) is 113 Å². The largest absolute Gasteiger partial charge is 0.463 e. The summed E-state index contributed by atoms with van der Waals surface area (Å²) in [6, 6.07) is 0. The van der Waals surface area contributed by atoms with Crippen molar-refractivity contribution in [2.45, 2.75) is 141 Å². The van der Waals surface area contributed by atoms with Gasteiger partial charge in [0, 0.05) is 12.7 Å². The molecule has 0 aromatic rings. The Morgan fingerprint density at radius 2 is 1.33 bits per heavy atom. The van der Waals surface area contributed by atoms with Gasteiger partial charge in [-0.1, -0.05) is 57.6 Å². The van der Waals surface area contributed by atoms with Crippen LogP contribution in [-0.4, -0.2) is 44.7 Å². The van der Waals surface area contributed by atoms with Gasteiger partial charge in [-0.25, -0.2) is 19.0 Å². The lowest BCUT2D eigenvalue weighted by atomic mass is 9.64. The number of halogens is 1. The zero-order valence-corrected chi connectivity index (χ0v) is 26.5. The molecule has 0 spiro atoms. The van der Waals surface area contributed by atoms with Crippen molar-refractivity contribution in [1.82, 2.24) is 0 Å². The van der Waals surface area contributed by atoms with E-state index < -0.39 is 6.17 Å². The molecular weight excluding hydrogens is 531 g/mol. The van der Waals surface area contributed by atoms with E-state index in [0.717, 1.165) is 89.1 Å². The van der Waals surface area contributed by atoms with Crippen LogP contribution < -0.4 is 0 Å². The maximum Gasteiger partial charge on any atom is 0.330 e. The number of hydrogen-bond donors (Lipinski definition) is 0. The summed E-state index contributed by atoms with van der Waals surface area (Å²) < 4.78 is 26.7. The number of ether oxygens (including phenoxy) is 2. The van der Waals surface area contributed by atoms with Crippen LogP contribution in [0.2, 0.25) is 0 Å². The van der Waals surface area contributed by atoms with Gasteiger partial charge in [0.05, 0.1) is 19.3 Å². The summed E-state index contributed by atoms with van der Waals surface area (Å²) in [5.41, 5.74) is 0. The molecule has 0 aromatic carbocycles. The van der Waals surface area contributed by atoms with Crippen molar-refractivity contribution in [2.75, 3.05) is 26.4 Å². The first-order valence-corrected chi connectivity index (χ1v) is 17.5. The van der Waals surface area contributed by atoms with Gasteiger partial charge in [0.15, 0.2) is 0 Å². The summed E-state index contributed by atoms with van der Waals surface area (Å²) in [5.74, 6) is 2.77. The second-order valence-corrected chi connectivity index (χ2v) is 13.3. The number of esters is 1. The van der Waals surface area contributed by atoms with Gasteiger partial charge in [-0.2, -0.15) is 0 Å². The lowest BCUT2D eigenvalue weighted by Gasteiger charge is -2.43. The van der Waals surface area contributed by atoms with Gasteiger partial charge in [0.25, 0.3) is 0 Å². The SMILES string of the molecule is C=CCOOCCCCCCC1CCC(C2CCC(C3CCC(OCCCCCCOC(=O)C=C)CC3)C(F)C2)CC1. The Morgan fingerprint density at radius 1 is 0.690 bits per heavy atom. The molecule has 0 amide bonds. The normalized spacial score (nSPS) is 30.1. The maximum atomic E-state index is 15.5. The van der Waals surface area contributed by atoms with Crippen LogP contribution in [0.5, 0.6) is 0 Å². The van der Waals surface area contributed by atoms with E-state index in [2.05, 4.69) is 13.2 Å². The van der Waals surface area contributed by atoms with E-state index in [1.807, 2.05) is 0 Å². The van der Waals surface area contributed by atoms with E-state index in [1.54, 1.807) is 6.08 Å². The van der Waals surface area contributed by atoms with Crippen LogP contribution >= 0.6 is 0 Å². The molecule has 3 aliphatic rings. The fourth-order valence-corrected chi connectivity index (χ4v) is 7.90. The highest BCUT2D eigenvalue weighted by Gasteiger charge is 2.40. The Hall–Kier alpha value is -1.24. The Morgan fingerprint density at radius 3 is 2.02 bits per heavy atom. The van der Waals surface area contributed by atoms with E-state index in [0.29, 0.717) is 37.8 Å². The third kappa shape index (κ3) is 13.6. The van der Waals surface area contributed by atoms with Crippen molar-refractivity contribution in [3.63, 3.8) is 0 Å². The van der Waals surface area contributed by atoms with Crippen LogP contribution in [0.4, 0.5) is 4.39 Å². The molecule has 0 saturated heterocycles. The molecule has 242 valence electrons. The van der Waals surface area contributed by atoms with Crippen molar-refractivity contribution in [3.05, 3.63) is 25.3 Å². The fourth-order valence-electron chi connectivity index (χ4n) is 7.90. The van der Waals surface area contributed by atoms with Crippen LogP contribution in [0.25, 0.3) is 0 Å². The molecule has 0 radical (unpaired) electrons. The predicted octanol–water partition coefficient (Wildman–Crippen LogP) is 9.50. The summed E-state index contributed by atoms with van der Waals surface area (Å²) >= 11 is 0. The molecule has 3 unspecified atom stereocenters. The number of alkyl halides is 1. The van der Waals surface area contributed by atoms with Crippen LogP contribution in [-0.2, 0) is 24.0 Å². The van der Waals surface area contributed by atoms with Crippen molar-refractivity contribution in [1.29, 1.82) is 0 Å². The van der Waals surface area contributed by atoms with Gasteiger partial charge >= 0.3 is 5.97 Å². The highest BCUT2D eigenvalue weighted by molar-refractivity contribution is 5.81. The van der Waals surface area contributed by atoms with Gasteiger partial charge in [0.2, 0.25) is 0 Å². The molecule has 5 nitrogen and oxygen atoms in total. The van der Waals surface area contributed by atoms with Gasteiger partial charge in [-0.3, -0.25) is 0 Å². The van der Waals surface area contributed by atoms with Crippen molar-refractivity contribution in [3.8, 4) is 0 Å². The molecule has 0 aliphatic heterocycles. The van der Waals surface area contributed by atoms with E-state index >= 15 is 4.39 Å². The molecule has 42 heavy (non-hydrogen) atoms. The molecule has 6 heteroatoms. The van der Waals surface area contributed by atoms with Crippen LogP contribution in [0, 0.1) is 29.6 Å². The van der Waals surface area contributed by atoms with Gasteiger partial charge < -0.3 is 9.47 Å². The molecule has 0 bridgehead atoms. The molecule has 0 N–H and O–H groups in total. The predicted molar refractivity (Wildman–Crippen MR) is 168 cm³/mol. The third-order valence-corrected chi connectivity index (χ3v) is 10.4. The third-order valence-electron chi connectivity index (χ3n) is 10.4. The Kier molecular flexibility index (Phi) is 18.0. The second-order valence-electron chi connectivity index (χ2n) is 13.3. The molecule has 3 saturated carbocycles. The molecule has 3 fully saturated rings. The summed E-state index contributed by atoms with van der Waals surface area (Å²) in [6.45, 7) is 9.42. The first-order valence-electron chi connectivity index (χ1n) is 17.5. The highest BCUT2D eigenvalue weighted by atomic mass is 19.1. The lowest BCUT2D eigenvalue weighted by Crippen LogP contribution is -2.37. The number of hydrogen-bond acceptors (Lipinski definition) is 5. The number of carbonyl (C=O) groups is 1. The van der Waals surface area contributed by atoms with E-state index in [-0.39, 0.29) is 11.9 Å². The summed E-state index contributed by atoms with van der Waals surface area (Å²) in [4.78, 5) is 21.1. The molecular formula is C36H61FO5. The number of rotatable bonds is 21. The topological polar surface area (TPSA) is 54.0 Å². The molecule has 0 heterocycles. The Balaban J connectivity index is 1.18. The van der Waals surface area contributed by atoms with Gasteiger partial charge in [0.1, 0.15) is 12.8 Å². The fraction of sp³-hybridized carbons (Fsp3) is 0.861. The highest BCUT2D eigenvalue weighted by Crippen LogP contribution is 2.47. The Bertz CT molecular complexity index is 728. The van der Waals surface area contributed by atoms with Gasteiger partial charge in [-0.15, -0.1) is 6.58 Å². The molecule has 3 aliphatic carbocycles. The monoisotopic (exact) mass is 592 g/mol. The Labute approximate surface area is 256 Å². The molecule has 3 rings (SSSR count). The minimum Gasteiger partial charge on any atom is -0.463 e. The van der Waals surface area contributed by atoms with Crippen molar-refractivity contribution < 1.29 is 28.4 Å². The van der Waals surface area contributed by atoms with E-state index in [4.69, 9.17) is 19.2 Å². The minimum atomic E-state index is -0.596. The maximum absolute atomic E-state index is 15.5. The first-order chi connectivity index (χ1) is 20.6. The molecule has 0 aromatic heterocycles. The second kappa shape index (κ2) is 21.5. The summed E-state index contributed by atoms with van der Waals surface area (Å²) in [5, 5.41) is 0. The molecule has 3 atom stereocenters. The quantitative estimate of drug-likeness (QED) is 0.0332. The first kappa shape index (κ1) is 35.2. The van der Waals surface area contributed by atoms with Crippen molar-refractivity contribution in [2.24, 2.45) is 29.6 Å². The number of carbonyl (C=O) groups excluding carboxylic acids is 1. The zero-order chi connectivity index (χ0) is 29.8. The van der Waals surface area contributed by atoms with Crippen LogP contribution in [0.3, 0.4) is 0 Å². The average Bonchev–Trinajstić information content (AvgIpc) is 3.02. The smallest absolute Gasteiger partial charge is 0.330 e. The summed E-state index contributed by atoms with van der Waals surface area (Å²) in [7, 11) is 0. The average molecular weight is 593 g/mol. The minimum absolute atomic E-state index is 0.285. The lowest BCUT2D eigenvalue weighted by molar-refractivity contribution is -0.286. The standard InChI is InChI=1S/C36H61FO5/c1-3-24-41-42-27-12-6-5-9-13-29-14-16-30(17-15-29)32-20-23-34(35(37)28-32)31-18-21-33(22-19-31)39-25-10-7-8-11-26-40-36(38)4-2/h3-4,29-35H,1-2,5-28H2. The van der Waals surface area contributed by atoms with Crippen LogP contribution in [0.15, 0.2) is 25.3 Å². The van der Waals surface area contributed by atoms with E-state index in [1.165, 1.54) is 63.9 Å². The number of unbranched alkanes of at least 4 members (excludes halogenated alkanes) is 6. The zero-order valence-electron chi connectivity index (χ0n) is 26.5.